The first-order chi connectivity index (χ1) is 12.6. The van der Waals surface area contributed by atoms with Crippen molar-refractivity contribution in [1.82, 2.24) is 4.72 Å². The molecule has 6 nitrogen and oxygen atoms in total. The summed E-state index contributed by atoms with van der Waals surface area (Å²) in [5, 5.41) is 0.208. The van der Waals surface area contributed by atoms with E-state index in [9.17, 15) is 31.2 Å². The van der Waals surface area contributed by atoms with Crippen LogP contribution in [0.5, 0.6) is 0 Å². The number of carbonyl (C=O) groups is 1. The molecule has 1 N–H and O–H groups in total. The van der Waals surface area contributed by atoms with Crippen LogP contribution in [0.4, 0.5) is 13.2 Å². The van der Waals surface area contributed by atoms with Gasteiger partial charge in [0.1, 0.15) is 5.58 Å². The SMILES string of the molecule is O=C(NS(=O)(=O)c1ccc(C(F)(F)F)cc1)c1cc(=O)c2ccccc2o1. The minimum Gasteiger partial charge on any atom is -0.451 e. The first kappa shape index (κ1) is 18.6. The van der Waals surface area contributed by atoms with Crippen molar-refractivity contribution in [3.63, 3.8) is 0 Å². The number of hydrogen-bond acceptors (Lipinski definition) is 5. The Morgan fingerprint density at radius 2 is 1.63 bits per heavy atom. The van der Waals surface area contributed by atoms with Crippen LogP contribution in [-0.4, -0.2) is 14.3 Å². The Bertz CT molecular complexity index is 1180. The fourth-order valence-corrected chi connectivity index (χ4v) is 3.23. The fraction of sp³-hybridized carbons (Fsp3) is 0.0588. The van der Waals surface area contributed by atoms with Crippen molar-refractivity contribution in [2.45, 2.75) is 11.1 Å². The highest BCUT2D eigenvalue weighted by Gasteiger charge is 2.31. The molecule has 10 heteroatoms. The van der Waals surface area contributed by atoms with Crippen LogP contribution in [0.1, 0.15) is 16.1 Å². The molecule has 0 spiro atoms. The summed E-state index contributed by atoms with van der Waals surface area (Å²) in [7, 11) is -4.46. The first-order valence-corrected chi connectivity index (χ1v) is 8.83. The molecule has 0 saturated heterocycles. The highest BCUT2D eigenvalue weighted by molar-refractivity contribution is 7.90. The van der Waals surface area contributed by atoms with Crippen molar-refractivity contribution in [1.29, 1.82) is 0 Å². The van der Waals surface area contributed by atoms with Crippen molar-refractivity contribution >= 4 is 26.9 Å². The molecule has 0 saturated carbocycles. The van der Waals surface area contributed by atoms with Gasteiger partial charge in [-0.05, 0) is 36.4 Å². The van der Waals surface area contributed by atoms with Crippen molar-refractivity contribution < 1.29 is 30.8 Å². The van der Waals surface area contributed by atoms with Crippen LogP contribution in [0, 0.1) is 0 Å². The second-order valence-corrected chi connectivity index (χ2v) is 7.11. The molecule has 27 heavy (non-hydrogen) atoms. The van der Waals surface area contributed by atoms with Crippen LogP contribution < -0.4 is 10.2 Å². The summed E-state index contributed by atoms with van der Waals surface area (Å²) in [6, 6.07) is 9.48. The predicted octanol–water partition coefficient (Wildman–Crippen LogP) is 2.93. The van der Waals surface area contributed by atoms with Gasteiger partial charge in [0.25, 0.3) is 10.0 Å². The van der Waals surface area contributed by atoms with Gasteiger partial charge in [-0.2, -0.15) is 13.2 Å². The van der Waals surface area contributed by atoms with Crippen LogP contribution >= 0.6 is 0 Å². The lowest BCUT2D eigenvalue weighted by atomic mass is 10.2. The maximum absolute atomic E-state index is 12.6. The van der Waals surface area contributed by atoms with Gasteiger partial charge in [-0.3, -0.25) is 9.59 Å². The molecule has 0 fully saturated rings. The fourth-order valence-electron chi connectivity index (χ4n) is 2.27. The van der Waals surface area contributed by atoms with E-state index in [0.29, 0.717) is 12.1 Å². The van der Waals surface area contributed by atoms with E-state index in [-0.39, 0.29) is 11.0 Å². The minimum atomic E-state index is -4.62. The Hall–Kier alpha value is -3.14. The number of sulfonamides is 1. The number of hydrogen-bond donors (Lipinski definition) is 1. The predicted molar refractivity (Wildman–Crippen MR) is 88.6 cm³/mol. The molecule has 3 aromatic rings. The zero-order valence-corrected chi connectivity index (χ0v) is 14.1. The molecule has 3 rings (SSSR count). The molecule has 1 aromatic heterocycles. The summed E-state index contributed by atoms with van der Waals surface area (Å²) in [6.45, 7) is 0. The van der Waals surface area contributed by atoms with Crippen molar-refractivity contribution in [3.05, 3.63) is 76.1 Å². The average molecular weight is 397 g/mol. The van der Waals surface area contributed by atoms with Crippen LogP contribution in [0.3, 0.4) is 0 Å². The maximum Gasteiger partial charge on any atom is 0.416 e. The molecular weight excluding hydrogens is 387 g/mol. The number of carbonyl (C=O) groups excluding carboxylic acids is 1. The van der Waals surface area contributed by atoms with E-state index in [0.717, 1.165) is 18.2 Å². The summed E-state index contributed by atoms with van der Waals surface area (Å²) in [6.07, 6.45) is -4.62. The molecule has 140 valence electrons. The maximum atomic E-state index is 12.6. The van der Waals surface area contributed by atoms with Crippen molar-refractivity contribution in [2.75, 3.05) is 0 Å². The second-order valence-electron chi connectivity index (χ2n) is 5.43. The van der Waals surface area contributed by atoms with Crippen molar-refractivity contribution in [3.8, 4) is 0 Å². The van der Waals surface area contributed by atoms with E-state index in [1.54, 1.807) is 16.9 Å². The normalized spacial score (nSPS) is 12.1. The minimum absolute atomic E-state index is 0.0853. The van der Waals surface area contributed by atoms with E-state index in [2.05, 4.69) is 0 Å². The van der Waals surface area contributed by atoms with Crippen LogP contribution in [-0.2, 0) is 16.2 Å². The highest BCUT2D eigenvalue weighted by Crippen LogP contribution is 2.29. The quantitative estimate of drug-likeness (QED) is 0.734. The number of halogens is 3. The summed E-state index contributed by atoms with van der Waals surface area (Å²) in [5.74, 6) is -1.77. The molecule has 0 aliphatic heterocycles. The Balaban J connectivity index is 1.90. The third kappa shape index (κ3) is 3.85. The van der Waals surface area contributed by atoms with E-state index in [4.69, 9.17) is 4.42 Å². The van der Waals surface area contributed by atoms with Gasteiger partial charge in [0.2, 0.25) is 0 Å². The lowest BCUT2D eigenvalue weighted by Gasteiger charge is -2.09. The van der Waals surface area contributed by atoms with Gasteiger partial charge in [-0.25, -0.2) is 13.1 Å². The van der Waals surface area contributed by atoms with E-state index >= 15 is 0 Å². The largest absolute Gasteiger partial charge is 0.451 e. The molecule has 0 aliphatic rings. The number of alkyl halides is 3. The summed E-state index contributed by atoms with van der Waals surface area (Å²) < 4.78 is 68.9. The number of para-hydroxylation sites is 1. The van der Waals surface area contributed by atoms with Crippen LogP contribution in [0.15, 0.2) is 68.7 Å². The van der Waals surface area contributed by atoms with Crippen LogP contribution in [0.25, 0.3) is 11.0 Å². The molecular formula is C17H10F3NO5S. The van der Waals surface area contributed by atoms with Crippen LogP contribution in [0.2, 0.25) is 0 Å². The van der Waals surface area contributed by atoms with Gasteiger partial charge >= 0.3 is 12.1 Å². The third-order valence-corrected chi connectivity index (χ3v) is 4.92. The second kappa shape index (κ2) is 6.54. The molecule has 2 aromatic carbocycles. The van der Waals surface area contributed by atoms with Crippen molar-refractivity contribution in [2.24, 2.45) is 0 Å². The number of rotatable bonds is 3. The zero-order valence-electron chi connectivity index (χ0n) is 13.3. The Morgan fingerprint density at radius 3 is 2.26 bits per heavy atom. The molecule has 0 unspecified atom stereocenters. The number of benzene rings is 2. The molecule has 0 radical (unpaired) electrons. The first-order valence-electron chi connectivity index (χ1n) is 7.35. The number of nitrogens with one attached hydrogen (secondary N) is 1. The average Bonchev–Trinajstić information content (AvgIpc) is 2.60. The summed E-state index contributed by atoms with van der Waals surface area (Å²) in [4.78, 5) is 23.6. The summed E-state index contributed by atoms with van der Waals surface area (Å²) >= 11 is 0. The Kier molecular flexibility index (Phi) is 4.52. The monoisotopic (exact) mass is 397 g/mol. The van der Waals surface area contributed by atoms with Gasteiger partial charge in [0.05, 0.1) is 15.8 Å². The summed E-state index contributed by atoms with van der Waals surface area (Å²) in [5.41, 5.74) is -1.50. The van der Waals surface area contributed by atoms with Gasteiger partial charge in [-0.15, -0.1) is 0 Å². The lowest BCUT2D eigenvalue weighted by Crippen LogP contribution is -2.31. The van der Waals surface area contributed by atoms with E-state index in [1.807, 2.05) is 0 Å². The topological polar surface area (TPSA) is 93.5 Å². The Labute approximate surface area is 150 Å². The smallest absolute Gasteiger partial charge is 0.416 e. The number of amides is 1. The highest BCUT2D eigenvalue weighted by atomic mass is 32.2. The van der Waals surface area contributed by atoms with Gasteiger partial charge in [0, 0.05) is 6.07 Å². The third-order valence-electron chi connectivity index (χ3n) is 3.58. The van der Waals surface area contributed by atoms with E-state index < -0.39 is 43.8 Å². The Morgan fingerprint density at radius 1 is 1.00 bits per heavy atom. The van der Waals surface area contributed by atoms with Gasteiger partial charge in [0.15, 0.2) is 11.2 Å². The zero-order chi connectivity index (χ0) is 19.8. The van der Waals surface area contributed by atoms with Gasteiger partial charge in [-0.1, -0.05) is 12.1 Å². The number of fused-ring (bicyclic) bond motifs is 1. The lowest BCUT2D eigenvalue weighted by molar-refractivity contribution is -0.137. The molecule has 1 amide bonds. The van der Waals surface area contributed by atoms with Gasteiger partial charge < -0.3 is 4.42 Å². The molecule has 0 aliphatic carbocycles. The molecule has 0 bridgehead atoms. The standard InChI is InChI=1S/C17H10F3NO5S/c18-17(19,20)10-5-7-11(8-6-10)27(24,25)21-16(23)15-9-13(22)12-3-1-2-4-14(12)26-15/h1-9H,(H,21,23). The molecule has 0 atom stereocenters. The molecule has 1 heterocycles. The van der Waals surface area contributed by atoms with E-state index in [1.165, 1.54) is 12.1 Å².